The highest BCUT2D eigenvalue weighted by Gasteiger charge is 2.17. The molecule has 2 aromatic rings. The molecule has 0 aliphatic rings. The van der Waals surface area contributed by atoms with Crippen molar-refractivity contribution in [2.24, 2.45) is 5.84 Å². The lowest BCUT2D eigenvalue weighted by Crippen LogP contribution is -2.32. The number of hydrogen-bond acceptors (Lipinski definition) is 3. The van der Waals surface area contributed by atoms with E-state index in [4.69, 9.17) is 5.84 Å². The zero-order valence-electron chi connectivity index (χ0n) is 9.01. The van der Waals surface area contributed by atoms with Gasteiger partial charge in [-0.05, 0) is 22.0 Å². The highest BCUT2D eigenvalue weighted by atomic mass is 79.9. The molecule has 0 aliphatic heterocycles. The number of pyridine rings is 1. The predicted molar refractivity (Wildman–Crippen MR) is 65.4 cm³/mol. The van der Waals surface area contributed by atoms with Crippen LogP contribution in [0.4, 0.5) is 8.78 Å². The molecular weight excluding hydrogens is 308 g/mol. The number of carbonyl (C=O) groups excluding carboxylic acids is 1. The minimum Gasteiger partial charge on any atom is -0.294 e. The second kappa shape index (κ2) is 4.95. The molecule has 0 fully saturated rings. The molecule has 0 saturated heterocycles. The zero-order chi connectivity index (χ0) is 13.3. The number of fused-ring (bicyclic) bond motifs is 1. The fourth-order valence-electron chi connectivity index (χ4n) is 1.59. The fourth-order valence-corrected chi connectivity index (χ4v) is 1.92. The van der Waals surface area contributed by atoms with Gasteiger partial charge in [-0.2, -0.15) is 0 Å². The van der Waals surface area contributed by atoms with Crippen LogP contribution < -0.4 is 11.3 Å². The molecule has 0 saturated carbocycles. The largest absolute Gasteiger partial charge is 0.294 e. The van der Waals surface area contributed by atoms with E-state index < -0.39 is 24.0 Å². The summed E-state index contributed by atoms with van der Waals surface area (Å²) >= 11 is 3.15. The quantitative estimate of drug-likeness (QED) is 0.504. The van der Waals surface area contributed by atoms with Gasteiger partial charge in [-0.1, -0.05) is 0 Å². The van der Waals surface area contributed by atoms with Gasteiger partial charge in [0.2, 0.25) is 5.91 Å². The monoisotopic (exact) mass is 315 g/mol. The van der Waals surface area contributed by atoms with E-state index in [0.29, 0.717) is 4.47 Å². The number of amides is 1. The first-order valence-corrected chi connectivity index (χ1v) is 5.74. The topological polar surface area (TPSA) is 68.0 Å². The number of hydrazine groups is 1. The number of hydrogen-bond donors (Lipinski definition) is 2. The van der Waals surface area contributed by atoms with Gasteiger partial charge in [-0.15, -0.1) is 0 Å². The Hall–Kier alpha value is -1.60. The van der Waals surface area contributed by atoms with Crippen LogP contribution >= 0.6 is 15.9 Å². The van der Waals surface area contributed by atoms with Gasteiger partial charge < -0.3 is 0 Å². The maximum Gasteiger partial charge on any atom is 0.238 e. The molecular formula is C11H8BrF2N3O. The maximum atomic E-state index is 14.1. The summed E-state index contributed by atoms with van der Waals surface area (Å²) in [6.45, 7) is 0. The molecule has 3 N–H and O–H groups in total. The van der Waals surface area contributed by atoms with Gasteiger partial charge in [0, 0.05) is 27.7 Å². The number of halogens is 3. The second-order valence-electron chi connectivity index (χ2n) is 3.62. The van der Waals surface area contributed by atoms with Crippen molar-refractivity contribution in [3.63, 3.8) is 0 Å². The standard InChI is InChI=1S/C11H8BrF2N3O/c12-5-1-7-9(16-4-5)3-8(13)6(11(7)14)2-10(18)17-15/h1,3-4H,2,15H2,(H,17,18). The first-order valence-electron chi connectivity index (χ1n) is 4.94. The SMILES string of the molecule is NNC(=O)Cc1c(F)cc2ncc(Br)cc2c1F. The number of carbonyl (C=O) groups is 1. The van der Waals surface area contributed by atoms with E-state index >= 15 is 0 Å². The van der Waals surface area contributed by atoms with Crippen LogP contribution in [0.15, 0.2) is 22.8 Å². The molecule has 2 rings (SSSR count). The molecule has 0 bridgehead atoms. The van der Waals surface area contributed by atoms with E-state index in [9.17, 15) is 13.6 Å². The Morgan fingerprint density at radius 3 is 2.83 bits per heavy atom. The smallest absolute Gasteiger partial charge is 0.238 e. The predicted octanol–water partition coefficient (Wildman–Crippen LogP) is 1.81. The Labute approximate surface area is 109 Å². The lowest BCUT2D eigenvalue weighted by molar-refractivity contribution is -0.120. The average Bonchev–Trinajstić information content (AvgIpc) is 2.35. The van der Waals surface area contributed by atoms with Crippen LogP contribution in [0.3, 0.4) is 0 Å². The molecule has 1 amide bonds. The number of rotatable bonds is 2. The van der Waals surface area contributed by atoms with E-state index in [2.05, 4.69) is 20.9 Å². The third-order valence-corrected chi connectivity index (χ3v) is 2.87. The zero-order valence-corrected chi connectivity index (χ0v) is 10.6. The van der Waals surface area contributed by atoms with Crippen molar-refractivity contribution in [3.8, 4) is 0 Å². The van der Waals surface area contributed by atoms with Crippen LogP contribution in [0.1, 0.15) is 5.56 Å². The van der Waals surface area contributed by atoms with Crippen molar-refractivity contribution in [2.45, 2.75) is 6.42 Å². The van der Waals surface area contributed by atoms with Gasteiger partial charge in [0.15, 0.2) is 0 Å². The molecule has 0 unspecified atom stereocenters. The van der Waals surface area contributed by atoms with Gasteiger partial charge in [0.1, 0.15) is 11.6 Å². The molecule has 0 radical (unpaired) electrons. The number of nitrogens with two attached hydrogens (primary N) is 1. The minimum absolute atomic E-state index is 0.144. The van der Waals surface area contributed by atoms with Gasteiger partial charge in [-0.3, -0.25) is 15.2 Å². The van der Waals surface area contributed by atoms with Crippen LogP contribution in [0, 0.1) is 11.6 Å². The third kappa shape index (κ3) is 2.32. The molecule has 18 heavy (non-hydrogen) atoms. The van der Waals surface area contributed by atoms with Gasteiger partial charge in [-0.25, -0.2) is 14.6 Å². The summed E-state index contributed by atoms with van der Waals surface area (Å²) in [5, 5.41) is 0.144. The Morgan fingerprint density at radius 2 is 2.17 bits per heavy atom. The number of aromatic nitrogens is 1. The maximum absolute atomic E-state index is 14.1. The van der Waals surface area contributed by atoms with E-state index in [1.54, 1.807) is 0 Å². The fraction of sp³-hybridized carbons (Fsp3) is 0.0909. The van der Waals surface area contributed by atoms with E-state index in [1.165, 1.54) is 12.3 Å². The third-order valence-electron chi connectivity index (χ3n) is 2.44. The Morgan fingerprint density at radius 1 is 1.44 bits per heavy atom. The highest BCUT2D eigenvalue weighted by Crippen LogP contribution is 2.25. The van der Waals surface area contributed by atoms with Gasteiger partial charge in [0.25, 0.3) is 0 Å². The summed E-state index contributed by atoms with van der Waals surface area (Å²) in [6.07, 6.45) is 0.976. The normalized spacial score (nSPS) is 10.7. The Kier molecular flexibility index (Phi) is 3.53. The van der Waals surface area contributed by atoms with Crippen LogP contribution in [-0.4, -0.2) is 10.9 Å². The van der Waals surface area contributed by atoms with E-state index in [0.717, 1.165) is 6.07 Å². The molecule has 1 aromatic heterocycles. The van der Waals surface area contributed by atoms with Gasteiger partial charge >= 0.3 is 0 Å². The van der Waals surface area contributed by atoms with Crippen LogP contribution in [-0.2, 0) is 11.2 Å². The summed E-state index contributed by atoms with van der Waals surface area (Å²) in [6, 6.07) is 2.56. The van der Waals surface area contributed by atoms with Crippen LogP contribution in [0.5, 0.6) is 0 Å². The van der Waals surface area contributed by atoms with E-state index in [-0.39, 0.29) is 16.5 Å². The minimum atomic E-state index is -0.821. The summed E-state index contributed by atoms with van der Waals surface area (Å²) in [5.74, 6) is 2.60. The van der Waals surface area contributed by atoms with Crippen LogP contribution in [0.2, 0.25) is 0 Å². The average molecular weight is 316 g/mol. The molecule has 1 heterocycles. The molecule has 0 spiro atoms. The molecule has 1 aromatic carbocycles. The van der Waals surface area contributed by atoms with Crippen molar-refractivity contribution >= 4 is 32.7 Å². The lowest BCUT2D eigenvalue weighted by atomic mass is 10.1. The molecule has 94 valence electrons. The van der Waals surface area contributed by atoms with Crippen molar-refractivity contribution in [1.29, 1.82) is 0 Å². The summed E-state index contributed by atoms with van der Waals surface area (Å²) in [5.41, 5.74) is 1.69. The van der Waals surface area contributed by atoms with Gasteiger partial charge in [0.05, 0.1) is 11.9 Å². The molecule has 7 heteroatoms. The Bertz CT molecular complexity index is 633. The second-order valence-corrected chi connectivity index (χ2v) is 4.53. The summed E-state index contributed by atoms with van der Waals surface area (Å²) in [4.78, 5) is 15.0. The van der Waals surface area contributed by atoms with Crippen molar-refractivity contribution < 1.29 is 13.6 Å². The summed E-state index contributed by atoms with van der Waals surface area (Å²) < 4.78 is 28.3. The van der Waals surface area contributed by atoms with Crippen molar-refractivity contribution in [3.05, 3.63) is 40.0 Å². The first-order chi connectivity index (χ1) is 8.52. The lowest BCUT2D eigenvalue weighted by Gasteiger charge is -2.07. The molecule has 0 atom stereocenters. The van der Waals surface area contributed by atoms with E-state index in [1.807, 2.05) is 5.43 Å². The number of benzene rings is 1. The first kappa shape index (κ1) is 12.8. The molecule has 0 aliphatic carbocycles. The van der Waals surface area contributed by atoms with Crippen LogP contribution in [0.25, 0.3) is 10.9 Å². The highest BCUT2D eigenvalue weighted by molar-refractivity contribution is 9.10. The summed E-state index contributed by atoms with van der Waals surface area (Å²) in [7, 11) is 0. The molecule has 4 nitrogen and oxygen atoms in total. The Balaban J connectivity index is 2.63. The van der Waals surface area contributed by atoms with Crippen molar-refractivity contribution in [2.75, 3.05) is 0 Å². The number of nitrogens with one attached hydrogen (secondary N) is 1. The van der Waals surface area contributed by atoms with Crippen molar-refractivity contribution in [1.82, 2.24) is 10.4 Å². The number of nitrogens with zero attached hydrogens (tertiary/aromatic N) is 1.